The molecule has 0 spiro atoms. The molecule has 5 aromatic rings. The van der Waals surface area contributed by atoms with Crippen LogP contribution in [-0.4, -0.2) is 45.6 Å². The summed E-state index contributed by atoms with van der Waals surface area (Å²) in [6, 6.07) is 20.2. The van der Waals surface area contributed by atoms with Crippen LogP contribution in [0.1, 0.15) is 55.1 Å². The highest BCUT2D eigenvalue weighted by Crippen LogP contribution is 2.28. The third kappa shape index (κ3) is 6.74. The Bertz CT molecular complexity index is 1670. The molecule has 212 valence electrons. The van der Waals surface area contributed by atoms with Crippen molar-refractivity contribution in [1.82, 2.24) is 25.5 Å². The number of methoxy groups -OCH3 is 1. The van der Waals surface area contributed by atoms with Crippen LogP contribution in [0, 0.1) is 6.92 Å². The number of carbonyl (C=O) groups is 2. The van der Waals surface area contributed by atoms with E-state index >= 15 is 0 Å². The van der Waals surface area contributed by atoms with Gasteiger partial charge in [0, 0.05) is 41.0 Å². The maximum absolute atomic E-state index is 13.1. The number of benzene rings is 3. The first-order valence-electron chi connectivity index (χ1n) is 14.0. The summed E-state index contributed by atoms with van der Waals surface area (Å²) in [5, 5.41) is 14.0. The topological polar surface area (TPSA) is 139 Å². The Balaban J connectivity index is 1.29. The number of aromatic nitrogens is 4. The standard InChI is InChI=1S/C32H36N6O3/c1-20-26(27-17-25(41-2)14-15-28(27)35-20)18-30(40)34-19-24(10-4-3-5-11-29(33)39)32-36-31(37-38-32)23-13-12-21-8-6-7-9-22(21)16-23/h6-9,12-17,24,35H,3-5,10-11,18-19H2,1-2H3,(H2,33,39)(H,34,40)(H,36,37,38). The number of hydrogen-bond acceptors (Lipinski definition) is 5. The third-order valence-electron chi connectivity index (χ3n) is 7.58. The Hall–Kier alpha value is -4.66. The highest BCUT2D eigenvalue weighted by Gasteiger charge is 2.20. The lowest BCUT2D eigenvalue weighted by Crippen LogP contribution is -2.30. The van der Waals surface area contributed by atoms with E-state index in [9.17, 15) is 9.59 Å². The van der Waals surface area contributed by atoms with Gasteiger partial charge in [0.25, 0.3) is 0 Å². The highest BCUT2D eigenvalue weighted by molar-refractivity contribution is 5.91. The minimum Gasteiger partial charge on any atom is -0.497 e. The van der Waals surface area contributed by atoms with Crippen molar-refractivity contribution < 1.29 is 14.3 Å². The van der Waals surface area contributed by atoms with Gasteiger partial charge in [-0.25, -0.2) is 4.98 Å². The Morgan fingerprint density at radius 3 is 2.66 bits per heavy atom. The van der Waals surface area contributed by atoms with E-state index in [4.69, 9.17) is 15.5 Å². The Morgan fingerprint density at radius 1 is 1.02 bits per heavy atom. The molecule has 0 saturated carbocycles. The van der Waals surface area contributed by atoms with Crippen LogP contribution >= 0.6 is 0 Å². The van der Waals surface area contributed by atoms with E-state index in [0.29, 0.717) is 18.8 Å². The van der Waals surface area contributed by atoms with Crippen LogP contribution in [0.25, 0.3) is 33.1 Å². The Kier molecular flexibility index (Phi) is 8.62. The SMILES string of the molecule is COc1ccc2[nH]c(C)c(CC(=O)NCC(CCCCCC(N)=O)c3nc(-c4ccc5ccccc5c4)n[nH]3)c2c1. The molecule has 2 aromatic heterocycles. The van der Waals surface area contributed by atoms with E-state index in [0.717, 1.165) is 75.8 Å². The maximum Gasteiger partial charge on any atom is 0.224 e. The second-order valence-corrected chi connectivity index (χ2v) is 10.5. The van der Waals surface area contributed by atoms with Crippen molar-refractivity contribution >= 4 is 33.5 Å². The summed E-state index contributed by atoms with van der Waals surface area (Å²) in [7, 11) is 1.63. The quantitative estimate of drug-likeness (QED) is 0.147. The monoisotopic (exact) mass is 552 g/mol. The van der Waals surface area contributed by atoms with Gasteiger partial charge in [-0.3, -0.25) is 14.7 Å². The Labute approximate surface area is 238 Å². The number of rotatable bonds is 13. The van der Waals surface area contributed by atoms with E-state index < -0.39 is 0 Å². The first-order chi connectivity index (χ1) is 19.9. The smallest absolute Gasteiger partial charge is 0.224 e. The van der Waals surface area contributed by atoms with Crippen molar-refractivity contribution in [2.75, 3.05) is 13.7 Å². The van der Waals surface area contributed by atoms with Crippen molar-refractivity contribution in [1.29, 1.82) is 0 Å². The minimum absolute atomic E-state index is 0.0570. The predicted molar refractivity (Wildman–Crippen MR) is 161 cm³/mol. The summed E-state index contributed by atoms with van der Waals surface area (Å²) in [6.45, 7) is 2.40. The molecule has 3 aromatic carbocycles. The summed E-state index contributed by atoms with van der Waals surface area (Å²) in [5.41, 5.74) is 9.12. The van der Waals surface area contributed by atoms with Crippen LogP contribution in [0.15, 0.2) is 60.7 Å². The lowest BCUT2D eigenvalue weighted by Gasteiger charge is -2.15. The molecule has 9 heteroatoms. The fraction of sp³-hybridized carbons (Fsp3) is 0.312. The first-order valence-corrected chi connectivity index (χ1v) is 14.0. The van der Waals surface area contributed by atoms with Crippen LogP contribution in [-0.2, 0) is 16.0 Å². The number of ether oxygens (including phenoxy) is 1. The number of nitrogens with zero attached hydrogens (tertiary/aromatic N) is 2. The molecule has 2 heterocycles. The molecule has 0 aliphatic heterocycles. The number of aryl methyl sites for hydroxylation is 1. The highest BCUT2D eigenvalue weighted by atomic mass is 16.5. The van der Waals surface area contributed by atoms with Gasteiger partial charge in [-0.2, -0.15) is 5.10 Å². The van der Waals surface area contributed by atoms with Crippen LogP contribution in [0.4, 0.5) is 0 Å². The van der Waals surface area contributed by atoms with E-state index in [2.05, 4.69) is 44.8 Å². The molecule has 0 saturated heterocycles. The molecule has 9 nitrogen and oxygen atoms in total. The molecule has 0 aliphatic carbocycles. The molecule has 0 radical (unpaired) electrons. The molecular formula is C32H36N6O3. The molecule has 0 fully saturated rings. The summed E-state index contributed by atoms with van der Waals surface area (Å²) < 4.78 is 5.39. The van der Waals surface area contributed by atoms with Crippen LogP contribution in [0.2, 0.25) is 0 Å². The number of nitrogens with two attached hydrogens (primary N) is 1. The zero-order valence-electron chi connectivity index (χ0n) is 23.5. The van der Waals surface area contributed by atoms with E-state index in [-0.39, 0.29) is 24.2 Å². The van der Waals surface area contributed by atoms with Crippen molar-refractivity contribution in [3.8, 4) is 17.1 Å². The number of H-pyrrole nitrogens is 2. The second kappa shape index (κ2) is 12.7. The molecule has 0 aliphatic rings. The summed E-state index contributed by atoms with van der Waals surface area (Å²) in [5.74, 6) is 1.70. The van der Waals surface area contributed by atoms with Gasteiger partial charge < -0.3 is 20.8 Å². The lowest BCUT2D eigenvalue weighted by molar-refractivity contribution is -0.120. The molecule has 5 N–H and O–H groups in total. The van der Waals surface area contributed by atoms with Gasteiger partial charge in [0.2, 0.25) is 11.8 Å². The van der Waals surface area contributed by atoms with Crippen molar-refractivity contribution in [2.24, 2.45) is 5.73 Å². The summed E-state index contributed by atoms with van der Waals surface area (Å²) in [4.78, 5) is 32.5. The fourth-order valence-corrected chi connectivity index (χ4v) is 5.29. The molecule has 0 bridgehead atoms. The van der Waals surface area contributed by atoms with E-state index in [1.807, 2.05) is 43.3 Å². The van der Waals surface area contributed by atoms with Gasteiger partial charge in [-0.15, -0.1) is 0 Å². The van der Waals surface area contributed by atoms with Crippen LogP contribution in [0.3, 0.4) is 0 Å². The summed E-state index contributed by atoms with van der Waals surface area (Å²) >= 11 is 0. The molecule has 1 unspecified atom stereocenters. The first kappa shape index (κ1) is 27.9. The van der Waals surface area contributed by atoms with Crippen LogP contribution in [0.5, 0.6) is 5.75 Å². The van der Waals surface area contributed by atoms with Gasteiger partial charge in [0.1, 0.15) is 11.6 Å². The Morgan fingerprint density at radius 2 is 1.85 bits per heavy atom. The molecular weight excluding hydrogens is 516 g/mol. The van der Waals surface area contributed by atoms with Crippen molar-refractivity contribution in [3.05, 3.63) is 77.7 Å². The number of unbranched alkanes of at least 4 members (excludes halogenated alkanes) is 2. The maximum atomic E-state index is 13.1. The average molecular weight is 553 g/mol. The van der Waals surface area contributed by atoms with Gasteiger partial charge in [-0.1, -0.05) is 49.2 Å². The van der Waals surface area contributed by atoms with Crippen molar-refractivity contribution in [3.63, 3.8) is 0 Å². The zero-order chi connectivity index (χ0) is 28.8. The number of amides is 2. The largest absolute Gasteiger partial charge is 0.497 e. The number of hydrogen-bond donors (Lipinski definition) is 4. The van der Waals surface area contributed by atoms with Gasteiger partial charge >= 0.3 is 0 Å². The third-order valence-corrected chi connectivity index (χ3v) is 7.58. The fourth-order valence-electron chi connectivity index (χ4n) is 5.29. The minimum atomic E-state index is -0.283. The predicted octanol–water partition coefficient (Wildman–Crippen LogP) is 5.30. The average Bonchev–Trinajstić information content (AvgIpc) is 3.58. The zero-order valence-corrected chi connectivity index (χ0v) is 23.5. The molecule has 1 atom stereocenters. The van der Waals surface area contributed by atoms with Crippen LogP contribution < -0.4 is 15.8 Å². The number of aromatic amines is 2. The van der Waals surface area contributed by atoms with Gasteiger partial charge in [-0.05, 0) is 60.4 Å². The van der Waals surface area contributed by atoms with E-state index in [1.54, 1.807) is 7.11 Å². The van der Waals surface area contributed by atoms with E-state index in [1.165, 1.54) is 0 Å². The summed E-state index contributed by atoms with van der Waals surface area (Å²) in [6.07, 6.45) is 3.91. The van der Waals surface area contributed by atoms with Gasteiger partial charge in [0.15, 0.2) is 5.82 Å². The lowest BCUT2D eigenvalue weighted by atomic mass is 9.99. The number of fused-ring (bicyclic) bond motifs is 2. The molecule has 41 heavy (non-hydrogen) atoms. The molecule has 2 amide bonds. The second-order valence-electron chi connectivity index (χ2n) is 10.5. The number of nitrogens with one attached hydrogen (secondary N) is 3. The van der Waals surface area contributed by atoms with Crippen molar-refractivity contribution in [2.45, 2.75) is 51.4 Å². The molecule has 5 rings (SSSR count). The normalized spacial score (nSPS) is 12.0. The van der Waals surface area contributed by atoms with Gasteiger partial charge in [0.05, 0.1) is 13.5 Å². The number of primary amides is 1. The number of carbonyl (C=O) groups excluding carboxylic acids is 2.